The van der Waals surface area contributed by atoms with E-state index in [9.17, 15) is 0 Å². The number of hydrogen-bond donors (Lipinski definition) is 0. The van der Waals surface area contributed by atoms with Gasteiger partial charge in [0.15, 0.2) is 0 Å². The predicted octanol–water partition coefficient (Wildman–Crippen LogP) is -0.924. The van der Waals surface area contributed by atoms with Crippen molar-refractivity contribution in [3.63, 3.8) is 0 Å². The van der Waals surface area contributed by atoms with Crippen LogP contribution in [0.15, 0.2) is 0 Å². The molecule has 0 atom stereocenters. The van der Waals surface area contributed by atoms with E-state index in [2.05, 4.69) is 0 Å². The fourth-order valence-corrected chi connectivity index (χ4v) is 0. The van der Waals surface area contributed by atoms with E-state index < -0.39 is 0 Å². The molecule has 1 radical (unpaired) electrons. The molecule has 0 nitrogen and oxygen atoms in total. The Kier molecular flexibility index (Phi) is 156. The smallest absolute Gasteiger partial charge is 0 e. The van der Waals surface area contributed by atoms with Crippen molar-refractivity contribution in [3.8, 4) is 0 Å². The second-order valence-corrected chi connectivity index (χ2v) is 0. The summed E-state index contributed by atoms with van der Waals surface area (Å²) in [4.78, 5) is 0. The second-order valence-electron chi connectivity index (χ2n) is 0. The minimum atomic E-state index is 0. The molecule has 0 aromatic rings. The SMILES string of the molecule is [Co].[Fe].[MgH2].[Ni]. The quantitative estimate of drug-likeness (QED) is 0.443. The maximum Gasteiger partial charge on any atom is 0.316 e. The average molecular weight is 200 g/mol. The molecule has 4 heavy (non-hydrogen) atoms. The van der Waals surface area contributed by atoms with Gasteiger partial charge in [-0.15, -0.1) is 0 Å². The van der Waals surface area contributed by atoms with Crippen molar-refractivity contribution in [2.45, 2.75) is 0 Å². The third-order valence-electron chi connectivity index (χ3n) is 0. The van der Waals surface area contributed by atoms with Crippen molar-refractivity contribution >= 4 is 23.1 Å². The Morgan fingerprint density at radius 1 is 1.00 bits per heavy atom. The van der Waals surface area contributed by atoms with E-state index in [1.807, 2.05) is 0 Å². The summed E-state index contributed by atoms with van der Waals surface area (Å²) in [6, 6.07) is 0. The molecule has 0 rings (SSSR count). The van der Waals surface area contributed by atoms with Crippen molar-refractivity contribution in [2.24, 2.45) is 0 Å². The Hall–Kier alpha value is 2.29. The van der Waals surface area contributed by atoms with Gasteiger partial charge in [-0.25, -0.2) is 0 Å². The fourth-order valence-electron chi connectivity index (χ4n) is 0. The summed E-state index contributed by atoms with van der Waals surface area (Å²) < 4.78 is 0. The molecule has 0 bridgehead atoms. The van der Waals surface area contributed by atoms with E-state index in [4.69, 9.17) is 0 Å². The Morgan fingerprint density at radius 3 is 1.00 bits per heavy atom. The molecule has 0 aliphatic carbocycles. The summed E-state index contributed by atoms with van der Waals surface area (Å²) >= 11 is 0. The second kappa shape index (κ2) is 18.6. The van der Waals surface area contributed by atoms with Crippen LogP contribution in [-0.2, 0) is 50.3 Å². The van der Waals surface area contributed by atoms with Crippen LogP contribution in [0.5, 0.6) is 0 Å². The Labute approximate surface area is 72.6 Å². The predicted molar refractivity (Wildman–Crippen MR) is 8.54 cm³/mol. The number of hydrogen-bond acceptors (Lipinski definition) is 0. The van der Waals surface area contributed by atoms with Crippen LogP contribution in [0.1, 0.15) is 0 Å². The van der Waals surface area contributed by atoms with Gasteiger partial charge in [0.2, 0.25) is 0 Å². The van der Waals surface area contributed by atoms with Gasteiger partial charge in [0, 0.05) is 50.3 Å². The van der Waals surface area contributed by atoms with E-state index in [-0.39, 0.29) is 73.4 Å². The molecule has 0 fully saturated rings. The molecule has 0 saturated carbocycles. The first-order valence-electron chi connectivity index (χ1n) is 0. The molecule has 0 aliphatic rings. The van der Waals surface area contributed by atoms with Gasteiger partial charge in [-0.2, -0.15) is 0 Å². The summed E-state index contributed by atoms with van der Waals surface area (Å²) in [5, 5.41) is 0. The molecule has 0 saturated heterocycles. The van der Waals surface area contributed by atoms with Gasteiger partial charge >= 0.3 is 23.1 Å². The molecule has 0 unspecified atom stereocenters. The monoisotopic (exact) mass is 199 g/mol. The van der Waals surface area contributed by atoms with Crippen LogP contribution in [0.4, 0.5) is 0 Å². The largest absolute Gasteiger partial charge is 0.316 e. The van der Waals surface area contributed by atoms with Gasteiger partial charge < -0.3 is 0 Å². The van der Waals surface area contributed by atoms with Crippen LogP contribution in [0.2, 0.25) is 0 Å². The molecular weight excluding hydrogens is 198 g/mol. The first kappa shape index (κ1) is 33.6. The molecule has 0 amide bonds. The molecule has 0 aliphatic heterocycles. The Morgan fingerprint density at radius 2 is 1.00 bits per heavy atom. The maximum absolute atomic E-state index is 0. The molecule has 0 aromatic heterocycles. The van der Waals surface area contributed by atoms with Crippen LogP contribution in [0.25, 0.3) is 0 Å². The molecule has 0 heterocycles. The average Bonchev–Trinajstić information content (AvgIpc) is 0. The van der Waals surface area contributed by atoms with E-state index >= 15 is 0 Å². The molecule has 31 valence electrons. The van der Waals surface area contributed by atoms with Gasteiger partial charge in [0.1, 0.15) is 0 Å². The van der Waals surface area contributed by atoms with Crippen molar-refractivity contribution in [1.82, 2.24) is 0 Å². The third kappa shape index (κ3) is 8.86. The summed E-state index contributed by atoms with van der Waals surface area (Å²) in [5.41, 5.74) is 0. The van der Waals surface area contributed by atoms with Crippen molar-refractivity contribution < 1.29 is 50.3 Å². The summed E-state index contributed by atoms with van der Waals surface area (Å²) in [5.74, 6) is 0. The zero-order valence-electron chi connectivity index (χ0n) is 1.00. The standard InChI is InChI=1S/Co.Fe.Mg.Ni.2H. The zero-order chi connectivity index (χ0) is 0. The normalized spacial score (nSPS) is 0. The van der Waals surface area contributed by atoms with E-state index in [1.165, 1.54) is 0 Å². The van der Waals surface area contributed by atoms with Gasteiger partial charge in [-0.05, 0) is 0 Å². The first-order valence-corrected chi connectivity index (χ1v) is 0. The molecule has 0 N–H and O–H groups in total. The van der Waals surface area contributed by atoms with Crippen LogP contribution >= 0.6 is 0 Å². The van der Waals surface area contributed by atoms with Crippen molar-refractivity contribution in [3.05, 3.63) is 0 Å². The van der Waals surface area contributed by atoms with Gasteiger partial charge in [0.25, 0.3) is 0 Å². The van der Waals surface area contributed by atoms with E-state index in [0.29, 0.717) is 0 Å². The zero-order valence-corrected chi connectivity index (χ0v) is 4.14. The first-order chi connectivity index (χ1) is 0. The fraction of sp³-hybridized carbons (Fsp3) is 0. The van der Waals surface area contributed by atoms with Crippen LogP contribution in [0, 0.1) is 0 Å². The van der Waals surface area contributed by atoms with Crippen LogP contribution in [-0.4, -0.2) is 23.1 Å². The third-order valence-corrected chi connectivity index (χ3v) is 0. The van der Waals surface area contributed by atoms with Gasteiger partial charge in [-0.3, -0.25) is 0 Å². The Balaban J connectivity index is 0. The van der Waals surface area contributed by atoms with Crippen LogP contribution < -0.4 is 0 Å². The summed E-state index contributed by atoms with van der Waals surface area (Å²) in [7, 11) is 0. The summed E-state index contributed by atoms with van der Waals surface area (Å²) in [6.45, 7) is 0. The summed E-state index contributed by atoms with van der Waals surface area (Å²) in [6.07, 6.45) is 0. The van der Waals surface area contributed by atoms with Crippen LogP contribution in [0.3, 0.4) is 0 Å². The van der Waals surface area contributed by atoms with E-state index in [0.717, 1.165) is 0 Å². The maximum atomic E-state index is 0. The minimum absolute atomic E-state index is 0. The molecule has 4 heteroatoms. The van der Waals surface area contributed by atoms with Crippen molar-refractivity contribution in [1.29, 1.82) is 0 Å². The Bertz CT molecular complexity index is 8.00. The van der Waals surface area contributed by atoms with Gasteiger partial charge in [-0.1, -0.05) is 0 Å². The molecule has 0 aromatic carbocycles. The minimum Gasteiger partial charge on any atom is 0 e. The van der Waals surface area contributed by atoms with E-state index in [1.54, 1.807) is 0 Å². The van der Waals surface area contributed by atoms with Gasteiger partial charge in [0.05, 0.1) is 0 Å². The molecule has 0 spiro atoms. The topological polar surface area (TPSA) is 0 Å². The number of rotatable bonds is 0. The molecular formula is H2CoFeMgNi. The van der Waals surface area contributed by atoms with Crippen molar-refractivity contribution in [2.75, 3.05) is 0 Å².